The summed E-state index contributed by atoms with van der Waals surface area (Å²) < 4.78 is 5.37. The third-order valence-electron chi connectivity index (χ3n) is 2.58. The number of hydrogen-bond donors (Lipinski definition) is 0. The normalized spacial score (nSPS) is 10.9. The highest BCUT2D eigenvalue weighted by Crippen LogP contribution is 2.29. The number of fused-ring (bicyclic) bond motifs is 1. The second-order valence-electron chi connectivity index (χ2n) is 3.85. The lowest BCUT2D eigenvalue weighted by Gasteiger charge is -2.09. The van der Waals surface area contributed by atoms with Gasteiger partial charge in [0.05, 0.1) is 0 Å². The molecule has 0 aliphatic rings. The van der Waals surface area contributed by atoms with Gasteiger partial charge in [0.25, 0.3) is 0 Å². The van der Waals surface area contributed by atoms with Gasteiger partial charge in [0.2, 0.25) is 0 Å². The molecular formula is C15H14O2. The van der Waals surface area contributed by atoms with Crippen LogP contribution in [0.25, 0.3) is 10.8 Å². The van der Waals surface area contributed by atoms with E-state index in [1.54, 1.807) is 13.0 Å². The van der Waals surface area contributed by atoms with Gasteiger partial charge in [-0.1, -0.05) is 42.5 Å². The number of hydrogen-bond acceptors (Lipinski definition) is 2. The number of carbonyl (C=O) groups excluding carboxylic acids is 1. The molecular weight excluding hydrogens is 212 g/mol. The molecule has 0 N–H and O–H groups in total. The molecule has 0 saturated heterocycles. The van der Waals surface area contributed by atoms with Gasteiger partial charge in [-0.25, -0.2) is 4.79 Å². The molecule has 2 aromatic rings. The van der Waals surface area contributed by atoms with Gasteiger partial charge in [-0.15, -0.1) is 0 Å². The predicted molar refractivity (Wildman–Crippen MR) is 69.1 cm³/mol. The van der Waals surface area contributed by atoms with Gasteiger partial charge in [0, 0.05) is 11.5 Å². The minimum atomic E-state index is -0.341. The molecule has 0 radical (unpaired) electrons. The Morgan fingerprint density at radius 3 is 2.71 bits per heavy atom. The van der Waals surface area contributed by atoms with Crippen LogP contribution in [0.1, 0.15) is 12.5 Å². The fourth-order valence-corrected chi connectivity index (χ4v) is 1.76. The highest BCUT2D eigenvalue weighted by atomic mass is 16.5. The van der Waals surface area contributed by atoms with Gasteiger partial charge in [0.15, 0.2) is 0 Å². The molecule has 0 unspecified atom stereocenters. The van der Waals surface area contributed by atoms with Crippen molar-refractivity contribution in [3.05, 3.63) is 54.1 Å². The molecule has 0 spiro atoms. The number of carbonyl (C=O) groups is 1. The average molecular weight is 226 g/mol. The molecule has 0 amide bonds. The van der Waals surface area contributed by atoms with Crippen molar-refractivity contribution < 1.29 is 9.53 Å². The molecule has 0 bridgehead atoms. The van der Waals surface area contributed by atoms with E-state index in [-0.39, 0.29) is 5.97 Å². The summed E-state index contributed by atoms with van der Waals surface area (Å²) >= 11 is 0. The van der Waals surface area contributed by atoms with Gasteiger partial charge in [-0.2, -0.15) is 0 Å². The highest BCUT2D eigenvalue weighted by Gasteiger charge is 2.08. The number of rotatable bonds is 2. The molecule has 0 aliphatic carbocycles. The van der Waals surface area contributed by atoms with E-state index in [0.717, 1.165) is 16.3 Å². The smallest absolute Gasteiger partial charge is 0.335 e. The van der Waals surface area contributed by atoms with Crippen LogP contribution < -0.4 is 4.74 Å². The Bertz CT molecular complexity index is 582. The lowest BCUT2D eigenvalue weighted by molar-refractivity contribution is -0.128. The van der Waals surface area contributed by atoms with E-state index in [1.807, 2.05) is 43.3 Å². The van der Waals surface area contributed by atoms with Crippen LogP contribution in [0.5, 0.6) is 5.75 Å². The van der Waals surface area contributed by atoms with E-state index in [4.69, 9.17) is 4.74 Å². The van der Waals surface area contributed by atoms with E-state index >= 15 is 0 Å². The SMILES string of the molecule is CC=CC(=O)Oc1c(C)ccc2ccccc12. The van der Waals surface area contributed by atoms with Crippen LogP contribution in [0.2, 0.25) is 0 Å². The van der Waals surface area contributed by atoms with Crippen LogP contribution in [0.3, 0.4) is 0 Å². The predicted octanol–water partition coefficient (Wildman–Crippen LogP) is 3.63. The quantitative estimate of drug-likeness (QED) is 0.444. The maximum absolute atomic E-state index is 11.5. The summed E-state index contributed by atoms with van der Waals surface area (Å²) in [6.07, 6.45) is 3.09. The van der Waals surface area contributed by atoms with Crippen molar-refractivity contribution in [2.45, 2.75) is 13.8 Å². The zero-order valence-electron chi connectivity index (χ0n) is 9.94. The molecule has 0 saturated carbocycles. The molecule has 0 aliphatic heterocycles. The molecule has 2 nitrogen and oxygen atoms in total. The molecule has 2 heteroatoms. The Morgan fingerprint density at radius 2 is 1.94 bits per heavy atom. The van der Waals surface area contributed by atoms with Crippen LogP contribution in [-0.2, 0) is 4.79 Å². The number of benzene rings is 2. The van der Waals surface area contributed by atoms with E-state index in [2.05, 4.69) is 0 Å². The summed E-state index contributed by atoms with van der Waals surface area (Å²) in [7, 11) is 0. The number of aryl methyl sites for hydroxylation is 1. The van der Waals surface area contributed by atoms with Crippen molar-refractivity contribution in [1.82, 2.24) is 0 Å². The first-order valence-electron chi connectivity index (χ1n) is 5.55. The zero-order chi connectivity index (χ0) is 12.3. The van der Waals surface area contributed by atoms with E-state index in [0.29, 0.717) is 5.75 Å². The molecule has 0 atom stereocenters. The second kappa shape index (κ2) is 4.83. The monoisotopic (exact) mass is 226 g/mol. The first-order chi connectivity index (χ1) is 8.22. The lowest BCUT2D eigenvalue weighted by Crippen LogP contribution is -2.05. The lowest BCUT2D eigenvalue weighted by atomic mass is 10.1. The van der Waals surface area contributed by atoms with Crippen LogP contribution >= 0.6 is 0 Å². The molecule has 86 valence electrons. The van der Waals surface area contributed by atoms with Crippen molar-refractivity contribution in [1.29, 1.82) is 0 Å². The van der Waals surface area contributed by atoms with Crippen molar-refractivity contribution in [2.24, 2.45) is 0 Å². The van der Waals surface area contributed by atoms with Crippen molar-refractivity contribution in [2.75, 3.05) is 0 Å². The molecule has 17 heavy (non-hydrogen) atoms. The van der Waals surface area contributed by atoms with Crippen LogP contribution in [-0.4, -0.2) is 5.97 Å². The van der Waals surface area contributed by atoms with Crippen LogP contribution in [0.15, 0.2) is 48.6 Å². The van der Waals surface area contributed by atoms with Crippen LogP contribution in [0, 0.1) is 6.92 Å². The number of allylic oxidation sites excluding steroid dienone is 1. The van der Waals surface area contributed by atoms with Gasteiger partial charge in [0.1, 0.15) is 5.75 Å². The molecule has 0 fully saturated rings. The van der Waals surface area contributed by atoms with Crippen molar-refractivity contribution in [3.63, 3.8) is 0 Å². The summed E-state index contributed by atoms with van der Waals surface area (Å²) in [5, 5.41) is 2.03. The Balaban J connectivity index is 2.51. The topological polar surface area (TPSA) is 26.3 Å². The Labute approximate surface area is 101 Å². The third-order valence-corrected chi connectivity index (χ3v) is 2.58. The third kappa shape index (κ3) is 2.36. The Morgan fingerprint density at radius 1 is 1.18 bits per heavy atom. The van der Waals surface area contributed by atoms with E-state index in [1.165, 1.54) is 6.08 Å². The summed E-state index contributed by atoms with van der Waals surface area (Å²) in [6.45, 7) is 3.72. The summed E-state index contributed by atoms with van der Waals surface area (Å²) in [6, 6.07) is 11.9. The minimum Gasteiger partial charge on any atom is -0.422 e. The van der Waals surface area contributed by atoms with Gasteiger partial charge < -0.3 is 4.74 Å². The zero-order valence-corrected chi connectivity index (χ0v) is 9.94. The highest BCUT2D eigenvalue weighted by molar-refractivity contribution is 5.93. The summed E-state index contributed by atoms with van der Waals surface area (Å²) in [5.41, 5.74) is 0.960. The Kier molecular flexibility index (Phi) is 3.24. The van der Waals surface area contributed by atoms with Crippen molar-refractivity contribution >= 4 is 16.7 Å². The van der Waals surface area contributed by atoms with Gasteiger partial charge in [-0.05, 0) is 24.8 Å². The maximum atomic E-state index is 11.5. The largest absolute Gasteiger partial charge is 0.422 e. The number of ether oxygens (including phenoxy) is 1. The minimum absolute atomic E-state index is 0.341. The van der Waals surface area contributed by atoms with E-state index in [9.17, 15) is 4.79 Å². The molecule has 0 aromatic heterocycles. The molecule has 0 heterocycles. The summed E-state index contributed by atoms with van der Waals surface area (Å²) in [5.74, 6) is 0.304. The number of esters is 1. The first kappa shape index (κ1) is 11.4. The second-order valence-corrected chi connectivity index (χ2v) is 3.85. The summed E-state index contributed by atoms with van der Waals surface area (Å²) in [4.78, 5) is 11.5. The van der Waals surface area contributed by atoms with Gasteiger partial charge in [-0.3, -0.25) is 0 Å². The fraction of sp³-hybridized carbons (Fsp3) is 0.133. The first-order valence-corrected chi connectivity index (χ1v) is 5.55. The fourth-order valence-electron chi connectivity index (χ4n) is 1.76. The van der Waals surface area contributed by atoms with Crippen molar-refractivity contribution in [3.8, 4) is 5.75 Å². The molecule has 2 aromatic carbocycles. The average Bonchev–Trinajstić information content (AvgIpc) is 2.33. The van der Waals surface area contributed by atoms with Crippen LogP contribution in [0.4, 0.5) is 0 Å². The molecule has 2 rings (SSSR count). The standard InChI is InChI=1S/C15H14O2/c1-3-6-14(16)17-15-11(2)9-10-12-7-4-5-8-13(12)15/h3-10H,1-2H3. The maximum Gasteiger partial charge on any atom is 0.335 e. The Hall–Kier alpha value is -2.09. The van der Waals surface area contributed by atoms with Gasteiger partial charge >= 0.3 is 5.97 Å². The van der Waals surface area contributed by atoms with E-state index < -0.39 is 0 Å².